The highest BCUT2D eigenvalue weighted by Gasteiger charge is 2.23. The molecule has 1 heterocycles. The molecule has 0 aliphatic heterocycles. The first kappa shape index (κ1) is 17.5. The fraction of sp³-hybridized carbons (Fsp3) is 0.158. The van der Waals surface area contributed by atoms with Crippen molar-refractivity contribution in [3.63, 3.8) is 0 Å². The molecular formula is C19H17IN2O3. The van der Waals surface area contributed by atoms with Crippen LogP contribution in [-0.2, 0) is 16.0 Å². The van der Waals surface area contributed by atoms with Gasteiger partial charge in [0.15, 0.2) is 0 Å². The van der Waals surface area contributed by atoms with Crippen LogP contribution in [0.4, 0.5) is 0 Å². The van der Waals surface area contributed by atoms with Crippen molar-refractivity contribution < 1.29 is 14.3 Å². The average molecular weight is 448 g/mol. The van der Waals surface area contributed by atoms with E-state index in [9.17, 15) is 9.59 Å². The summed E-state index contributed by atoms with van der Waals surface area (Å²) in [5.41, 5.74) is 2.24. The third kappa shape index (κ3) is 4.19. The Morgan fingerprint density at radius 1 is 1.16 bits per heavy atom. The minimum atomic E-state index is -0.744. The number of H-pyrrole nitrogens is 1. The standard InChI is InChI=1S/C19H17IN2O3/c1-25-19(24)17(9-12-5-3-2-4-6-12)22-18(23)16-11-13-10-14(20)7-8-15(13)21-16/h2-8,10-11,17,21H,9H2,1H3,(H,22,23). The summed E-state index contributed by atoms with van der Waals surface area (Å²) < 4.78 is 5.92. The molecule has 0 radical (unpaired) electrons. The van der Waals surface area contributed by atoms with Crippen LogP contribution in [0.5, 0.6) is 0 Å². The molecule has 0 spiro atoms. The van der Waals surface area contributed by atoms with Gasteiger partial charge in [0.1, 0.15) is 11.7 Å². The number of aromatic amines is 1. The number of nitrogens with one attached hydrogen (secondary N) is 2. The number of carbonyl (C=O) groups is 2. The lowest BCUT2D eigenvalue weighted by molar-refractivity contribution is -0.142. The number of amides is 1. The molecule has 3 aromatic rings. The van der Waals surface area contributed by atoms with E-state index in [4.69, 9.17) is 4.74 Å². The molecule has 1 aromatic heterocycles. The maximum atomic E-state index is 12.6. The molecule has 0 fully saturated rings. The number of benzene rings is 2. The molecule has 1 atom stereocenters. The lowest BCUT2D eigenvalue weighted by atomic mass is 10.1. The van der Waals surface area contributed by atoms with Gasteiger partial charge in [-0.15, -0.1) is 0 Å². The van der Waals surface area contributed by atoms with E-state index in [-0.39, 0.29) is 5.91 Å². The summed E-state index contributed by atoms with van der Waals surface area (Å²) >= 11 is 2.22. The minimum absolute atomic E-state index is 0.336. The summed E-state index contributed by atoms with van der Waals surface area (Å²) in [6, 6.07) is 16.4. The number of halogens is 1. The van der Waals surface area contributed by atoms with Gasteiger partial charge in [-0.1, -0.05) is 30.3 Å². The second-order valence-corrected chi connectivity index (χ2v) is 6.90. The maximum absolute atomic E-state index is 12.6. The Labute approximate surface area is 158 Å². The smallest absolute Gasteiger partial charge is 0.328 e. The molecule has 5 nitrogen and oxygen atoms in total. The first-order valence-electron chi connectivity index (χ1n) is 7.77. The molecule has 2 N–H and O–H groups in total. The number of aromatic nitrogens is 1. The monoisotopic (exact) mass is 448 g/mol. The van der Waals surface area contributed by atoms with Crippen molar-refractivity contribution in [1.82, 2.24) is 10.3 Å². The van der Waals surface area contributed by atoms with Crippen LogP contribution >= 0.6 is 22.6 Å². The Hall–Kier alpha value is -2.35. The van der Waals surface area contributed by atoms with Crippen LogP contribution in [0.25, 0.3) is 10.9 Å². The zero-order valence-electron chi connectivity index (χ0n) is 13.6. The van der Waals surface area contributed by atoms with Gasteiger partial charge in [0, 0.05) is 20.9 Å². The Kier molecular flexibility index (Phi) is 5.37. The van der Waals surface area contributed by atoms with Gasteiger partial charge < -0.3 is 15.0 Å². The van der Waals surface area contributed by atoms with Crippen LogP contribution in [0, 0.1) is 3.57 Å². The topological polar surface area (TPSA) is 71.2 Å². The number of esters is 1. The Bertz CT molecular complexity index is 905. The molecule has 25 heavy (non-hydrogen) atoms. The molecule has 0 saturated heterocycles. The number of hydrogen-bond acceptors (Lipinski definition) is 3. The zero-order chi connectivity index (χ0) is 17.8. The van der Waals surface area contributed by atoms with Crippen molar-refractivity contribution in [3.8, 4) is 0 Å². The molecular weight excluding hydrogens is 431 g/mol. The highest BCUT2D eigenvalue weighted by Crippen LogP contribution is 2.18. The summed E-state index contributed by atoms with van der Waals surface area (Å²) in [5.74, 6) is -0.805. The van der Waals surface area contributed by atoms with Gasteiger partial charge in [0.2, 0.25) is 0 Å². The number of carbonyl (C=O) groups excluding carboxylic acids is 2. The van der Waals surface area contributed by atoms with Crippen molar-refractivity contribution in [1.29, 1.82) is 0 Å². The number of rotatable bonds is 5. The first-order valence-corrected chi connectivity index (χ1v) is 8.85. The Balaban J connectivity index is 1.79. The van der Waals surface area contributed by atoms with E-state index in [0.717, 1.165) is 20.0 Å². The summed E-state index contributed by atoms with van der Waals surface area (Å²) in [6.07, 6.45) is 0.372. The molecule has 0 aliphatic carbocycles. The Morgan fingerprint density at radius 3 is 2.64 bits per heavy atom. The normalized spacial score (nSPS) is 11.9. The Morgan fingerprint density at radius 2 is 1.92 bits per heavy atom. The average Bonchev–Trinajstić information content (AvgIpc) is 3.04. The van der Waals surface area contributed by atoms with E-state index < -0.39 is 12.0 Å². The van der Waals surface area contributed by atoms with Crippen molar-refractivity contribution in [2.75, 3.05) is 7.11 Å². The lowest BCUT2D eigenvalue weighted by Crippen LogP contribution is -2.43. The van der Waals surface area contributed by atoms with Gasteiger partial charge in [-0.05, 0) is 52.4 Å². The van der Waals surface area contributed by atoms with Crippen LogP contribution in [0.1, 0.15) is 16.1 Å². The summed E-state index contributed by atoms with van der Waals surface area (Å²) in [7, 11) is 1.32. The van der Waals surface area contributed by atoms with Gasteiger partial charge in [-0.25, -0.2) is 4.79 Å². The van der Waals surface area contributed by atoms with E-state index in [2.05, 4.69) is 32.9 Å². The van der Waals surface area contributed by atoms with Crippen LogP contribution in [0.15, 0.2) is 54.6 Å². The van der Waals surface area contributed by atoms with Crippen molar-refractivity contribution in [2.45, 2.75) is 12.5 Å². The molecule has 6 heteroatoms. The largest absolute Gasteiger partial charge is 0.467 e. The van der Waals surface area contributed by atoms with Crippen LogP contribution < -0.4 is 5.32 Å². The molecule has 0 bridgehead atoms. The van der Waals surface area contributed by atoms with E-state index in [0.29, 0.717) is 12.1 Å². The summed E-state index contributed by atoms with van der Waals surface area (Å²) in [6.45, 7) is 0. The number of methoxy groups -OCH3 is 1. The second-order valence-electron chi connectivity index (χ2n) is 5.65. The number of ether oxygens (including phenoxy) is 1. The van der Waals surface area contributed by atoms with Crippen LogP contribution in [0.3, 0.4) is 0 Å². The quantitative estimate of drug-likeness (QED) is 0.465. The molecule has 0 aliphatic rings. The van der Waals surface area contributed by atoms with Gasteiger partial charge >= 0.3 is 5.97 Å². The third-order valence-electron chi connectivity index (χ3n) is 3.90. The summed E-state index contributed by atoms with van der Waals surface area (Å²) in [4.78, 5) is 27.7. The summed E-state index contributed by atoms with van der Waals surface area (Å²) in [5, 5.41) is 3.71. The van der Waals surface area contributed by atoms with Crippen LogP contribution in [0.2, 0.25) is 0 Å². The van der Waals surface area contributed by atoms with Gasteiger partial charge in [-0.2, -0.15) is 0 Å². The highest BCUT2D eigenvalue weighted by atomic mass is 127. The SMILES string of the molecule is COC(=O)C(Cc1ccccc1)NC(=O)c1cc2cc(I)ccc2[nH]1. The molecule has 2 aromatic carbocycles. The molecule has 1 amide bonds. The fourth-order valence-corrected chi connectivity index (χ4v) is 3.16. The van der Waals surface area contributed by atoms with Crippen molar-refractivity contribution in [2.24, 2.45) is 0 Å². The zero-order valence-corrected chi connectivity index (χ0v) is 15.7. The minimum Gasteiger partial charge on any atom is -0.467 e. The van der Waals surface area contributed by atoms with Crippen molar-refractivity contribution >= 4 is 45.4 Å². The maximum Gasteiger partial charge on any atom is 0.328 e. The predicted octanol–water partition coefficient (Wildman–Crippen LogP) is 3.29. The predicted molar refractivity (Wildman–Crippen MR) is 104 cm³/mol. The molecule has 3 rings (SSSR count). The molecule has 0 saturated carbocycles. The lowest BCUT2D eigenvalue weighted by Gasteiger charge is -2.16. The second kappa shape index (κ2) is 7.69. The number of hydrogen-bond donors (Lipinski definition) is 2. The van der Waals surface area contributed by atoms with E-state index >= 15 is 0 Å². The fourth-order valence-electron chi connectivity index (χ4n) is 2.65. The van der Waals surface area contributed by atoms with Gasteiger partial charge in [-0.3, -0.25) is 4.79 Å². The number of fused-ring (bicyclic) bond motifs is 1. The molecule has 1 unspecified atom stereocenters. The van der Waals surface area contributed by atoms with E-state index in [1.165, 1.54) is 7.11 Å². The van der Waals surface area contributed by atoms with Crippen LogP contribution in [-0.4, -0.2) is 30.0 Å². The first-order chi connectivity index (χ1) is 12.1. The van der Waals surface area contributed by atoms with E-state index in [1.54, 1.807) is 6.07 Å². The van der Waals surface area contributed by atoms with Gasteiger partial charge in [0.25, 0.3) is 5.91 Å². The van der Waals surface area contributed by atoms with E-state index in [1.807, 2.05) is 48.5 Å². The third-order valence-corrected chi connectivity index (χ3v) is 4.57. The highest BCUT2D eigenvalue weighted by molar-refractivity contribution is 14.1. The van der Waals surface area contributed by atoms with Crippen molar-refractivity contribution in [3.05, 3.63) is 69.4 Å². The van der Waals surface area contributed by atoms with Gasteiger partial charge in [0.05, 0.1) is 7.11 Å². The molecule has 128 valence electrons.